The van der Waals surface area contributed by atoms with E-state index in [9.17, 15) is 9.90 Å². The van der Waals surface area contributed by atoms with Crippen LogP contribution in [0, 0.1) is 0 Å². The Morgan fingerprint density at radius 2 is 2.04 bits per heavy atom. The van der Waals surface area contributed by atoms with E-state index in [0.717, 1.165) is 45.2 Å². The maximum Gasteiger partial charge on any atom is 0.410 e. The summed E-state index contributed by atoms with van der Waals surface area (Å²) in [6.45, 7) is 10.2. The Kier molecular flexibility index (Phi) is 8.92. The van der Waals surface area contributed by atoms with Gasteiger partial charge in [0.1, 0.15) is 5.60 Å². The molecule has 8 heteroatoms. The first-order chi connectivity index (χ1) is 11.7. The molecule has 0 aromatic carbocycles. The van der Waals surface area contributed by atoms with Crippen LogP contribution in [0.5, 0.6) is 0 Å². The van der Waals surface area contributed by atoms with Crippen molar-refractivity contribution in [3.63, 3.8) is 0 Å². The Labute approximate surface area is 174 Å². The second-order valence-corrected chi connectivity index (χ2v) is 8.18. The molecule has 1 saturated heterocycles. The number of rotatable bonds is 4. The molecule has 2 aliphatic rings. The quantitative estimate of drug-likeness (QED) is 0.326. The van der Waals surface area contributed by atoms with Gasteiger partial charge in [0, 0.05) is 25.7 Å². The van der Waals surface area contributed by atoms with Gasteiger partial charge in [-0.1, -0.05) is 0 Å². The lowest BCUT2D eigenvalue weighted by Crippen LogP contribution is -2.53. The zero-order chi connectivity index (χ0) is 18.5. The van der Waals surface area contributed by atoms with Gasteiger partial charge in [-0.3, -0.25) is 4.99 Å². The molecule has 1 aliphatic carbocycles. The van der Waals surface area contributed by atoms with Crippen molar-refractivity contribution < 1.29 is 14.6 Å². The van der Waals surface area contributed by atoms with Crippen LogP contribution in [0.3, 0.4) is 0 Å². The van der Waals surface area contributed by atoms with Crippen molar-refractivity contribution in [3.8, 4) is 0 Å². The number of hydrogen-bond acceptors (Lipinski definition) is 4. The minimum absolute atomic E-state index is 0. The van der Waals surface area contributed by atoms with Gasteiger partial charge in [-0.25, -0.2) is 4.79 Å². The predicted octanol–water partition coefficient (Wildman–Crippen LogP) is 2.47. The number of amides is 1. The molecule has 2 fully saturated rings. The summed E-state index contributed by atoms with van der Waals surface area (Å²) in [5.74, 6) is 0.707. The second-order valence-electron chi connectivity index (χ2n) is 8.18. The van der Waals surface area contributed by atoms with Crippen molar-refractivity contribution >= 4 is 36.0 Å². The number of nitrogens with zero attached hydrogens (tertiary/aromatic N) is 2. The minimum Gasteiger partial charge on any atom is -0.444 e. The van der Waals surface area contributed by atoms with E-state index in [1.807, 2.05) is 27.7 Å². The van der Waals surface area contributed by atoms with E-state index in [1.165, 1.54) is 0 Å². The van der Waals surface area contributed by atoms with Crippen LogP contribution in [0.1, 0.15) is 59.8 Å². The van der Waals surface area contributed by atoms with E-state index in [1.54, 1.807) is 4.90 Å². The Morgan fingerprint density at radius 1 is 1.35 bits per heavy atom. The van der Waals surface area contributed by atoms with Crippen molar-refractivity contribution in [3.05, 3.63) is 0 Å². The van der Waals surface area contributed by atoms with Gasteiger partial charge in [0.15, 0.2) is 5.96 Å². The number of halogens is 1. The van der Waals surface area contributed by atoms with Gasteiger partial charge < -0.3 is 25.4 Å². The highest BCUT2D eigenvalue weighted by Crippen LogP contribution is 2.31. The van der Waals surface area contributed by atoms with Crippen molar-refractivity contribution in [2.45, 2.75) is 77.0 Å². The molecule has 152 valence electrons. The molecule has 1 heterocycles. The smallest absolute Gasteiger partial charge is 0.410 e. The van der Waals surface area contributed by atoms with Gasteiger partial charge in [-0.15, -0.1) is 24.0 Å². The number of ether oxygens (including phenoxy) is 1. The lowest BCUT2D eigenvalue weighted by atomic mass is 9.80. The van der Waals surface area contributed by atoms with Gasteiger partial charge in [-0.2, -0.15) is 0 Å². The molecule has 1 saturated carbocycles. The summed E-state index contributed by atoms with van der Waals surface area (Å²) in [6.07, 6.45) is 4.37. The zero-order valence-corrected chi connectivity index (χ0v) is 18.8. The monoisotopic (exact) mass is 482 g/mol. The molecule has 1 aliphatic heterocycles. The summed E-state index contributed by atoms with van der Waals surface area (Å²) in [5.41, 5.74) is -1.11. The number of aliphatic imine (C=N–C) groups is 1. The number of aliphatic hydroxyl groups is 1. The summed E-state index contributed by atoms with van der Waals surface area (Å²) in [4.78, 5) is 18.6. The molecule has 1 atom stereocenters. The van der Waals surface area contributed by atoms with Crippen LogP contribution in [0.4, 0.5) is 4.79 Å². The average Bonchev–Trinajstić information content (AvgIpc) is 2.49. The Bertz CT molecular complexity index is 489. The molecule has 0 spiro atoms. The summed E-state index contributed by atoms with van der Waals surface area (Å²) in [5, 5.41) is 16.9. The van der Waals surface area contributed by atoms with Crippen LogP contribution in [0.25, 0.3) is 0 Å². The molecular weight excluding hydrogens is 447 g/mol. The molecule has 0 bridgehead atoms. The van der Waals surface area contributed by atoms with Crippen LogP contribution in [0.2, 0.25) is 0 Å². The largest absolute Gasteiger partial charge is 0.444 e. The van der Waals surface area contributed by atoms with Crippen LogP contribution in [-0.2, 0) is 4.74 Å². The van der Waals surface area contributed by atoms with E-state index in [2.05, 4.69) is 15.6 Å². The summed E-state index contributed by atoms with van der Waals surface area (Å²) in [7, 11) is 0. The predicted molar refractivity (Wildman–Crippen MR) is 114 cm³/mol. The van der Waals surface area contributed by atoms with Gasteiger partial charge in [0.25, 0.3) is 0 Å². The standard InChI is InChI=1S/C18H34N4O3.HI/c1-5-19-15(20-13-18(24)9-7-10-18)21-14-8-6-11-22(12-14)16(23)25-17(2,3)4;/h14,24H,5-13H2,1-4H3,(H2,19,20,21);1H. The number of piperidine rings is 1. The highest BCUT2D eigenvalue weighted by atomic mass is 127. The molecule has 0 aromatic heterocycles. The van der Waals surface area contributed by atoms with Gasteiger partial charge in [0.2, 0.25) is 0 Å². The second kappa shape index (κ2) is 9.96. The number of likely N-dealkylation sites (tertiary alicyclic amines) is 1. The number of hydrogen-bond donors (Lipinski definition) is 3. The molecule has 2 rings (SSSR count). The van der Waals surface area contributed by atoms with Crippen molar-refractivity contribution in [1.82, 2.24) is 15.5 Å². The van der Waals surface area contributed by atoms with Gasteiger partial charge in [0.05, 0.1) is 12.1 Å². The summed E-state index contributed by atoms with van der Waals surface area (Å²) >= 11 is 0. The third-order valence-corrected chi connectivity index (χ3v) is 4.57. The summed E-state index contributed by atoms with van der Waals surface area (Å²) < 4.78 is 5.47. The molecule has 26 heavy (non-hydrogen) atoms. The molecule has 7 nitrogen and oxygen atoms in total. The van der Waals surface area contributed by atoms with Crippen molar-refractivity contribution in [2.24, 2.45) is 4.99 Å². The zero-order valence-electron chi connectivity index (χ0n) is 16.5. The van der Waals surface area contributed by atoms with Crippen molar-refractivity contribution in [2.75, 3.05) is 26.2 Å². The van der Waals surface area contributed by atoms with E-state index in [0.29, 0.717) is 19.0 Å². The topological polar surface area (TPSA) is 86.2 Å². The van der Waals surface area contributed by atoms with Crippen LogP contribution in [0.15, 0.2) is 4.99 Å². The first-order valence-corrected chi connectivity index (χ1v) is 9.46. The van der Waals surface area contributed by atoms with E-state index in [4.69, 9.17) is 4.74 Å². The average molecular weight is 482 g/mol. The molecule has 3 N–H and O–H groups in total. The Balaban J connectivity index is 0.00000338. The highest BCUT2D eigenvalue weighted by Gasteiger charge is 2.34. The minimum atomic E-state index is -0.628. The highest BCUT2D eigenvalue weighted by molar-refractivity contribution is 14.0. The SMILES string of the molecule is CCNC(=NCC1(O)CCC1)NC1CCCN(C(=O)OC(C)(C)C)C1.I. The first kappa shape index (κ1) is 23.3. The van der Waals surface area contributed by atoms with Gasteiger partial charge in [-0.05, 0) is 59.8 Å². The van der Waals surface area contributed by atoms with E-state index < -0.39 is 11.2 Å². The Hall–Kier alpha value is -0.770. The molecule has 0 radical (unpaired) electrons. The number of carbonyl (C=O) groups is 1. The maximum atomic E-state index is 12.3. The Morgan fingerprint density at radius 3 is 2.58 bits per heavy atom. The van der Waals surface area contributed by atoms with Crippen molar-refractivity contribution in [1.29, 1.82) is 0 Å². The van der Waals surface area contributed by atoms with Gasteiger partial charge >= 0.3 is 6.09 Å². The van der Waals surface area contributed by atoms with Crippen LogP contribution < -0.4 is 10.6 Å². The maximum absolute atomic E-state index is 12.3. The number of carbonyl (C=O) groups excluding carboxylic acids is 1. The van der Waals surface area contributed by atoms with Crippen LogP contribution in [-0.4, -0.2) is 65.5 Å². The van der Waals surface area contributed by atoms with E-state index >= 15 is 0 Å². The van der Waals surface area contributed by atoms with Crippen LogP contribution >= 0.6 is 24.0 Å². The fourth-order valence-corrected chi connectivity index (χ4v) is 3.07. The first-order valence-electron chi connectivity index (χ1n) is 9.46. The fraction of sp³-hybridized carbons (Fsp3) is 0.889. The van der Waals surface area contributed by atoms with E-state index in [-0.39, 0.29) is 36.1 Å². The third-order valence-electron chi connectivity index (χ3n) is 4.57. The fourth-order valence-electron chi connectivity index (χ4n) is 3.07. The molecule has 1 amide bonds. The molecule has 0 aromatic rings. The molecule has 1 unspecified atom stereocenters. The normalized spacial score (nSPS) is 22.7. The summed E-state index contributed by atoms with van der Waals surface area (Å²) in [6, 6.07) is 0.134. The number of guanidine groups is 1. The lowest BCUT2D eigenvalue weighted by molar-refractivity contribution is -0.0236. The molecular formula is C18H35IN4O3. The lowest BCUT2D eigenvalue weighted by Gasteiger charge is -2.36. The third kappa shape index (κ3) is 7.46. The number of nitrogens with one attached hydrogen (secondary N) is 2.